The molecule has 0 fully saturated rings. The smallest absolute Gasteiger partial charge is 0.303 e. The summed E-state index contributed by atoms with van der Waals surface area (Å²) < 4.78 is 11.2. The second-order valence-electron chi connectivity index (χ2n) is 7.76. The molecule has 1 unspecified atom stereocenters. The number of rotatable bonds is 6. The number of aliphatic hydroxyl groups is 2. The van der Waals surface area contributed by atoms with E-state index in [2.05, 4.69) is 5.32 Å². The topological polar surface area (TPSA) is 108 Å². The normalized spacial score (nSPS) is 21.0. The summed E-state index contributed by atoms with van der Waals surface area (Å²) in [6, 6.07) is 3.13. The van der Waals surface area contributed by atoms with Crippen molar-refractivity contribution in [3.8, 4) is 11.5 Å². The van der Waals surface area contributed by atoms with Crippen molar-refractivity contribution in [1.82, 2.24) is 5.32 Å². The van der Waals surface area contributed by atoms with E-state index in [0.717, 1.165) is 0 Å². The lowest BCUT2D eigenvalue weighted by molar-refractivity contribution is -0.147. The third-order valence-corrected chi connectivity index (χ3v) is 4.25. The monoisotopic (exact) mass is 367 g/mol. The van der Waals surface area contributed by atoms with Gasteiger partial charge in [-0.05, 0) is 32.9 Å². The largest absolute Gasteiger partial charge is 0.508 e. The first-order chi connectivity index (χ1) is 12.1. The molecule has 2 rings (SSSR count). The third-order valence-electron chi connectivity index (χ3n) is 4.25. The summed E-state index contributed by atoms with van der Waals surface area (Å²) in [4.78, 5) is 11.3. The van der Waals surface area contributed by atoms with Gasteiger partial charge in [0.25, 0.3) is 0 Å². The van der Waals surface area contributed by atoms with Gasteiger partial charge in [0.1, 0.15) is 24.2 Å². The summed E-state index contributed by atoms with van der Waals surface area (Å²) in [7, 11) is 0. The van der Waals surface area contributed by atoms with E-state index >= 15 is 0 Å². The average Bonchev–Trinajstić information content (AvgIpc) is 2.52. The molecule has 1 aliphatic rings. The molecular formula is C19H29NO6. The number of esters is 1. The Morgan fingerprint density at radius 1 is 1.23 bits per heavy atom. The standard InChI is InChI=1S/C19H29NO6/c1-11(21)26-12(9-20-19(2,3)4)10-25-18-6-5-15(22)13-7-16(23)17(24)8-14(13)18/h5-6,12,16-17,20,22-24H,7-10H2,1-4H3/t12?,16-,17+/m1/s1. The van der Waals surface area contributed by atoms with E-state index in [1.807, 2.05) is 20.8 Å². The van der Waals surface area contributed by atoms with Crippen molar-refractivity contribution in [2.24, 2.45) is 0 Å². The number of ether oxygens (including phenoxy) is 2. The van der Waals surface area contributed by atoms with E-state index < -0.39 is 18.3 Å². The van der Waals surface area contributed by atoms with Gasteiger partial charge in [-0.25, -0.2) is 0 Å². The summed E-state index contributed by atoms with van der Waals surface area (Å²) in [6.07, 6.45) is -1.93. The summed E-state index contributed by atoms with van der Waals surface area (Å²) in [5.74, 6) is 0.196. The van der Waals surface area contributed by atoms with Gasteiger partial charge in [-0.3, -0.25) is 4.79 Å². The number of carbonyl (C=O) groups excluding carboxylic acids is 1. The number of aromatic hydroxyl groups is 1. The van der Waals surface area contributed by atoms with E-state index in [-0.39, 0.29) is 36.7 Å². The quantitative estimate of drug-likeness (QED) is 0.554. The molecule has 0 heterocycles. The lowest BCUT2D eigenvalue weighted by Crippen LogP contribution is -2.44. The highest BCUT2D eigenvalue weighted by Gasteiger charge is 2.30. The number of hydrogen-bond acceptors (Lipinski definition) is 7. The second-order valence-corrected chi connectivity index (χ2v) is 7.76. The molecule has 1 aromatic rings. The number of carbonyl (C=O) groups is 1. The molecule has 0 saturated carbocycles. The zero-order chi connectivity index (χ0) is 19.5. The van der Waals surface area contributed by atoms with Crippen molar-refractivity contribution < 1.29 is 29.6 Å². The van der Waals surface area contributed by atoms with E-state index in [0.29, 0.717) is 23.4 Å². The Balaban J connectivity index is 2.11. The highest BCUT2D eigenvalue weighted by atomic mass is 16.6. The van der Waals surface area contributed by atoms with Gasteiger partial charge >= 0.3 is 5.97 Å². The van der Waals surface area contributed by atoms with Gasteiger partial charge in [-0.1, -0.05) is 0 Å². The van der Waals surface area contributed by atoms with Crippen LogP contribution in [0, 0.1) is 0 Å². The van der Waals surface area contributed by atoms with Crippen LogP contribution in [0.4, 0.5) is 0 Å². The van der Waals surface area contributed by atoms with Crippen LogP contribution in [0.3, 0.4) is 0 Å². The van der Waals surface area contributed by atoms with Gasteiger partial charge in [0.15, 0.2) is 0 Å². The van der Waals surface area contributed by atoms with Gasteiger partial charge in [-0.15, -0.1) is 0 Å². The number of phenolic OH excluding ortho intramolecular Hbond substituents is 1. The predicted octanol–water partition coefficient (Wildman–Crippen LogP) is 0.911. The summed E-state index contributed by atoms with van der Waals surface area (Å²) in [6.45, 7) is 7.97. The molecule has 0 bridgehead atoms. The maximum Gasteiger partial charge on any atom is 0.303 e. The Morgan fingerprint density at radius 3 is 2.42 bits per heavy atom. The first kappa shape index (κ1) is 20.5. The maximum absolute atomic E-state index is 11.3. The van der Waals surface area contributed by atoms with E-state index in [9.17, 15) is 20.1 Å². The van der Waals surface area contributed by atoms with Crippen LogP contribution < -0.4 is 10.1 Å². The van der Waals surface area contributed by atoms with Crippen LogP contribution in [-0.4, -0.2) is 58.3 Å². The highest BCUT2D eigenvalue weighted by Crippen LogP contribution is 2.35. The van der Waals surface area contributed by atoms with Crippen LogP contribution in [0.25, 0.3) is 0 Å². The Morgan fingerprint density at radius 2 is 1.85 bits per heavy atom. The molecule has 0 aromatic heterocycles. The fourth-order valence-electron chi connectivity index (χ4n) is 2.91. The van der Waals surface area contributed by atoms with Crippen LogP contribution in [0.1, 0.15) is 38.8 Å². The van der Waals surface area contributed by atoms with E-state index in [1.54, 1.807) is 6.07 Å². The molecular weight excluding hydrogens is 338 g/mol. The van der Waals surface area contributed by atoms with Crippen LogP contribution in [0.15, 0.2) is 12.1 Å². The molecule has 0 spiro atoms. The number of nitrogens with one attached hydrogen (secondary N) is 1. The van der Waals surface area contributed by atoms with Gasteiger partial charge in [-0.2, -0.15) is 0 Å². The summed E-state index contributed by atoms with van der Waals surface area (Å²) in [5.41, 5.74) is 1.13. The average molecular weight is 367 g/mol. The Bertz CT molecular complexity index is 640. The summed E-state index contributed by atoms with van der Waals surface area (Å²) >= 11 is 0. The fraction of sp³-hybridized carbons (Fsp3) is 0.632. The minimum absolute atomic E-state index is 0.0734. The van der Waals surface area contributed by atoms with Crippen molar-refractivity contribution in [1.29, 1.82) is 0 Å². The molecule has 146 valence electrons. The molecule has 26 heavy (non-hydrogen) atoms. The first-order valence-electron chi connectivity index (χ1n) is 8.81. The molecule has 1 aliphatic carbocycles. The summed E-state index contributed by atoms with van der Waals surface area (Å²) in [5, 5.41) is 33.1. The van der Waals surface area contributed by atoms with Gasteiger partial charge in [0, 0.05) is 43.0 Å². The van der Waals surface area contributed by atoms with E-state index in [4.69, 9.17) is 9.47 Å². The molecule has 3 atom stereocenters. The fourth-order valence-corrected chi connectivity index (χ4v) is 2.91. The SMILES string of the molecule is CC(=O)OC(CNC(C)(C)C)COc1ccc(O)c2c1C[C@H](O)[C@H](O)C2. The molecule has 0 saturated heterocycles. The molecule has 1 aromatic carbocycles. The lowest BCUT2D eigenvalue weighted by atomic mass is 9.86. The Hall–Kier alpha value is -1.83. The second kappa shape index (κ2) is 8.24. The number of benzene rings is 1. The number of fused-ring (bicyclic) bond motifs is 1. The van der Waals surface area contributed by atoms with Crippen molar-refractivity contribution in [2.45, 2.75) is 64.4 Å². The van der Waals surface area contributed by atoms with Crippen molar-refractivity contribution >= 4 is 5.97 Å². The molecule has 7 nitrogen and oxygen atoms in total. The van der Waals surface area contributed by atoms with Crippen molar-refractivity contribution in [3.63, 3.8) is 0 Å². The number of aliphatic hydroxyl groups excluding tert-OH is 2. The van der Waals surface area contributed by atoms with Crippen LogP contribution in [-0.2, 0) is 22.4 Å². The van der Waals surface area contributed by atoms with Crippen molar-refractivity contribution in [2.75, 3.05) is 13.2 Å². The molecule has 0 radical (unpaired) electrons. The third kappa shape index (κ3) is 5.59. The maximum atomic E-state index is 11.3. The number of hydrogen-bond donors (Lipinski definition) is 4. The lowest BCUT2D eigenvalue weighted by Gasteiger charge is -2.29. The van der Waals surface area contributed by atoms with Crippen LogP contribution >= 0.6 is 0 Å². The van der Waals surface area contributed by atoms with Crippen molar-refractivity contribution in [3.05, 3.63) is 23.3 Å². The Labute approximate surface area is 153 Å². The van der Waals surface area contributed by atoms with Gasteiger partial charge in [0.2, 0.25) is 0 Å². The molecule has 0 aliphatic heterocycles. The number of phenols is 1. The molecule has 4 N–H and O–H groups in total. The minimum atomic E-state index is -0.909. The van der Waals surface area contributed by atoms with Crippen LogP contribution in [0.2, 0.25) is 0 Å². The zero-order valence-electron chi connectivity index (χ0n) is 15.8. The van der Waals surface area contributed by atoms with Crippen LogP contribution in [0.5, 0.6) is 11.5 Å². The molecule has 7 heteroatoms. The molecule has 0 amide bonds. The van der Waals surface area contributed by atoms with Gasteiger partial charge in [0.05, 0.1) is 12.2 Å². The van der Waals surface area contributed by atoms with E-state index in [1.165, 1.54) is 13.0 Å². The predicted molar refractivity (Wildman–Crippen MR) is 96.3 cm³/mol. The zero-order valence-corrected chi connectivity index (χ0v) is 15.8. The minimum Gasteiger partial charge on any atom is -0.508 e. The van der Waals surface area contributed by atoms with Gasteiger partial charge < -0.3 is 30.1 Å². The Kier molecular flexibility index (Phi) is 6.49. The highest BCUT2D eigenvalue weighted by molar-refractivity contribution is 5.66. The first-order valence-corrected chi connectivity index (χ1v) is 8.81.